The van der Waals surface area contributed by atoms with Crippen molar-refractivity contribution < 1.29 is 39.1 Å². The van der Waals surface area contributed by atoms with Crippen LogP contribution in [-0.2, 0) is 39.1 Å². The zero-order valence-corrected chi connectivity index (χ0v) is 13.3. The average Bonchev–Trinajstić information content (AvgIpc) is 2.70. The molecule has 0 amide bonds. The maximum absolute atomic E-state index is 7.50. The molecule has 120 valence electrons. The molecule has 0 aromatic heterocycles. The van der Waals surface area contributed by atoms with Gasteiger partial charge in [-0.3, -0.25) is 0 Å². The SMILES string of the molecule is NCCCN[C](=[Cr])c1ccccc1.[C-]#[O+].[C-]#[O+].[C-]#[O+].[C-]#[O+].[C-]#[O+]. The van der Waals surface area contributed by atoms with E-state index in [2.05, 4.69) is 66.6 Å². The molecule has 1 aromatic rings. The van der Waals surface area contributed by atoms with Gasteiger partial charge in [-0.25, -0.2) is 0 Å². The third-order valence-electron chi connectivity index (χ3n) is 1.70. The van der Waals surface area contributed by atoms with Crippen LogP contribution in [0.2, 0.25) is 0 Å². The second kappa shape index (κ2) is 42.7. The van der Waals surface area contributed by atoms with Gasteiger partial charge in [0.05, 0.1) is 0 Å². The molecule has 7 nitrogen and oxygen atoms in total. The van der Waals surface area contributed by atoms with Crippen molar-refractivity contribution in [2.45, 2.75) is 6.42 Å². The topological polar surface area (TPSA) is 138 Å². The van der Waals surface area contributed by atoms with Crippen LogP contribution in [0.1, 0.15) is 12.0 Å². The predicted molar refractivity (Wildman–Crippen MR) is 71.9 cm³/mol. The molecule has 23 heavy (non-hydrogen) atoms. The van der Waals surface area contributed by atoms with Crippen molar-refractivity contribution in [1.29, 1.82) is 0 Å². The molecule has 1 aromatic carbocycles. The van der Waals surface area contributed by atoms with E-state index in [9.17, 15) is 0 Å². The normalized spacial score (nSPS) is 6.04. The van der Waals surface area contributed by atoms with Crippen molar-refractivity contribution in [2.24, 2.45) is 5.73 Å². The first-order chi connectivity index (χ1) is 11.3. The van der Waals surface area contributed by atoms with Gasteiger partial charge in [0.15, 0.2) is 0 Å². The van der Waals surface area contributed by atoms with Gasteiger partial charge in [-0.15, -0.1) is 0 Å². The number of benzene rings is 1. The van der Waals surface area contributed by atoms with E-state index in [1.54, 1.807) is 0 Å². The van der Waals surface area contributed by atoms with E-state index in [-0.39, 0.29) is 0 Å². The van der Waals surface area contributed by atoms with E-state index in [4.69, 9.17) is 29.0 Å². The molecule has 0 spiro atoms. The summed E-state index contributed by atoms with van der Waals surface area (Å²) in [6, 6.07) is 10.2. The number of hydrogen-bond acceptors (Lipinski definition) is 2. The Labute approximate surface area is 143 Å². The molecule has 0 saturated heterocycles. The number of nitrogens with two attached hydrogens (primary N) is 1. The molecule has 0 bridgehead atoms. The van der Waals surface area contributed by atoms with Gasteiger partial charge in [0.25, 0.3) is 0 Å². The van der Waals surface area contributed by atoms with Gasteiger partial charge in [0, 0.05) is 0 Å². The molecule has 0 heterocycles. The summed E-state index contributed by atoms with van der Waals surface area (Å²) in [5.74, 6) is 0. The van der Waals surface area contributed by atoms with Crippen LogP contribution in [0.25, 0.3) is 0 Å². The standard InChI is InChI=1S/C10H14N2.5CO.Cr/c11-7-4-8-12-9-10-5-2-1-3-6-10;5*1-2;/h1-3,5-6,12H,4,7-8,11H2;;;;;;. The summed E-state index contributed by atoms with van der Waals surface area (Å²) in [6.07, 6.45) is 0.998. The molecule has 0 radical (unpaired) electrons. The summed E-state index contributed by atoms with van der Waals surface area (Å²) in [5.41, 5.74) is 6.59. The van der Waals surface area contributed by atoms with Crippen molar-refractivity contribution in [2.75, 3.05) is 13.1 Å². The summed E-state index contributed by atoms with van der Waals surface area (Å²) < 4.78 is 38.6. The van der Waals surface area contributed by atoms with Crippen molar-refractivity contribution in [3.63, 3.8) is 0 Å². The van der Waals surface area contributed by atoms with Gasteiger partial charge in [-0.2, -0.15) is 0 Å². The minimum atomic E-state index is 0.731. The van der Waals surface area contributed by atoms with Gasteiger partial charge in [0.2, 0.25) is 0 Å². The van der Waals surface area contributed by atoms with Crippen LogP contribution in [0.15, 0.2) is 30.3 Å². The summed E-state index contributed by atoms with van der Waals surface area (Å²) in [7, 11) is 0. The molecular formula is C15H14CrN2O5. The third-order valence-corrected chi connectivity index (χ3v) is 2.30. The number of nitrogens with one attached hydrogen (secondary N) is 1. The number of hydrogen-bond donors (Lipinski definition) is 2. The van der Waals surface area contributed by atoms with E-state index >= 15 is 0 Å². The molecule has 0 fully saturated rings. The van der Waals surface area contributed by atoms with Gasteiger partial charge >= 0.3 is 143 Å². The first-order valence-corrected chi connectivity index (χ1v) is 6.03. The zero-order valence-electron chi connectivity index (χ0n) is 12.0. The Morgan fingerprint density at radius 3 is 1.61 bits per heavy atom. The molecule has 0 saturated carbocycles. The van der Waals surface area contributed by atoms with Crippen LogP contribution in [-0.4, -0.2) is 17.6 Å². The minimum absolute atomic E-state index is 0.731. The summed E-state index contributed by atoms with van der Waals surface area (Å²) in [4.78, 5) is 0. The van der Waals surface area contributed by atoms with E-state index < -0.39 is 0 Å². The molecule has 0 atom stereocenters. The first-order valence-electron chi connectivity index (χ1n) is 5.40. The molecule has 3 N–H and O–H groups in total. The summed E-state index contributed by atoms with van der Waals surface area (Å²) in [6.45, 7) is 24.2. The van der Waals surface area contributed by atoms with Gasteiger partial charge in [-0.05, 0) is 0 Å². The van der Waals surface area contributed by atoms with Crippen LogP contribution >= 0.6 is 0 Å². The molecule has 0 unspecified atom stereocenters. The van der Waals surface area contributed by atoms with Crippen molar-refractivity contribution >= 4 is 4.50 Å². The van der Waals surface area contributed by atoms with Crippen molar-refractivity contribution in [3.8, 4) is 0 Å². The molecule has 8 heteroatoms. The van der Waals surface area contributed by atoms with E-state index in [0.717, 1.165) is 24.0 Å². The Bertz CT molecular complexity index is 418. The fourth-order valence-electron chi connectivity index (χ4n) is 0.996. The van der Waals surface area contributed by atoms with Crippen LogP contribution in [0, 0.1) is 33.3 Å². The molecule has 1 rings (SSSR count). The van der Waals surface area contributed by atoms with Crippen LogP contribution in [0.5, 0.6) is 0 Å². The zero-order chi connectivity index (χ0) is 19.5. The third kappa shape index (κ3) is 29.0. The Morgan fingerprint density at radius 1 is 0.870 bits per heavy atom. The van der Waals surface area contributed by atoms with Crippen LogP contribution in [0.4, 0.5) is 0 Å². The Kier molecular flexibility index (Phi) is 61.3. The van der Waals surface area contributed by atoms with Crippen LogP contribution in [0.3, 0.4) is 0 Å². The average molecular weight is 354 g/mol. The number of rotatable bonds is 5. The maximum atomic E-state index is 7.50. The molecule has 0 aliphatic heterocycles. The van der Waals surface area contributed by atoms with Gasteiger partial charge in [-0.1, -0.05) is 0 Å². The summed E-state index contributed by atoms with van der Waals surface area (Å²) in [5, 5.41) is 3.28. The fraction of sp³-hybridized carbons (Fsp3) is 0.200. The second-order valence-electron chi connectivity index (χ2n) is 2.76. The fourth-order valence-corrected chi connectivity index (χ4v) is 1.37. The predicted octanol–water partition coefficient (Wildman–Crippen LogP) is 0.462. The van der Waals surface area contributed by atoms with Gasteiger partial charge in [0.1, 0.15) is 0 Å². The van der Waals surface area contributed by atoms with Crippen molar-refractivity contribution in [3.05, 3.63) is 69.1 Å². The van der Waals surface area contributed by atoms with Crippen molar-refractivity contribution in [1.82, 2.24) is 5.32 Å². The van der Waals surface area contributed by atoms with Gasteiger partial charge < -0.3 is 0 Å². The molecule has 0 aliphatic rings. The Hall–Kier alpha value is -1.76. The summed E-state index contributed by atoms with van der Waals surface area (Å²) >= 11 is 3.02. The van der Waals surface area contributed by atoms with E-state index in [0.29, 0.717) is 0 Å². The second-order valence-corrected chi connectivity index (χ2v) is 3.40. The molecule has 0 aliphatic carbocycles. The first kappa shape index (κ1) is 33.0. The van der Waals surface area contributed by atoms with E-state index in [1.807, 2.05) is 18.2 Å². The Morgan fingerprint density at radius 2 is 1.26 bits per heavy atom. The van der Waals surface area contributed by atoms with Crippen LogP contribution < -0.4 is 11.1 Å². The molecular weight excluding hydrogens is 340 g/mol. The monoisotopic (exact) mass is 354 g/mol. The Balaban J connectivity index is -0.0000000923. The quantitative estimate of drug-likeness (QED) is 0.451. The van der Waals surface area contributed by atoms with E-state index in [1.165, 1.54) is 5.56 Å².